The van der Waals surface area contributed by atoms with E-state index in [1.54, 1.807) is 13.8 Å². The normalized spacial score (nSPS) is 14.0. The molecule has 0 bridgehead atoms. The molecule has 0 radical (unpaired) electrons. The molecule has 0 atom stereocenters. The molecule has 0 aliphatic heterocycles. The van der Waals surface area contributed by atoms with Gasteiger partial charge in [0.2, 0.25) is 9.84 Å². The fraction of sp³-hybridized carbons (Fsp3) is 0.200. The van der Waals surface area contributed by atoms with Crippen LogP contribution in [-0.4, -0.2) is 8.42 Å². The van der Waals surface area contributed by atoms with Crippen LogP contribution in [0, 0.1) is 0 Å². The summed E-state index contributed by atoms with van der Waals surface area (Å²) in [6.07, 6.45) is 5.66. The third-order valence-electron chi connectivity index (χ3n) is 1.59. The molecular formula is C10H14O2S. The number of hydrogen-bond donors (Lipinski definition) is 0. The fourth-order valence-electron chi connectivity index (χ4n) is 0.902. The van der Waals surface area contributed by atoms with E-state index in [-0.39, 0.29) is 9.81 Å². The monoisotopic (exact) mass is 198 g/mol. The Balaban J connectivity index is 5.45. The molecule has 0 fully saturated rings. The van der Waals surface area contributed by atoms with Gasteiger partial charge >= 0.3 is 0 Å². The van der Waals surface area contributed by atoms with Gasteiger partial charge in [-0.15, -0.1) is 0 Å². The first-order valence-electron chi connectivity index (χ1n) is 3.87. The second-order valence-electron chi connectivity index (χ2n) is 2.29. The van der Waals surface area contributed by atoms with E-state index in [2.05, 4.69) is 13.2 Å². The zero-order valence-corrected chi connectivity index (χ0v) is 8.76. The summed E-state index contributed by atoms with van der Waals surface area (Å²) < 4.78 is 23.4. The Morgan fingerprint density at radius 2 is 1.31 bits per heavy atom. The lowest BCUT2D eigenvalue weighted by atomic mass is 10.5. The van der Waals surface area contributed by atoms with Crippen molar-refractivity contribution in [3.05, 3.63) is 47.3 Å². The maximum absolute atomic E-state index is 11.7. The van der Waals surface area contributed by atoms with Crippen LogP contribution in [0.4, 0.5) is 0 Å². The van der Waals surface area contributed by atoms with Gasteiger partial charge in [0.25, 0.3) is 0 Å². The van der Waals surface area contributed by atoms with Gasteiger partial charge in [-0.1, -0.05) is 37.5 Å². The van der Waals surface area contributed by atoms with Crippen LogP contribution in [0.25, 0.3) is 0 Å². The Labute approximate surface area is 79.9 Å². The summed E-state index contributed by atoms with van der Waals surface area (Å²) >= 11 is 0. The van der Waals surface area contributed by atoms with Gasteiger partial charge < -0.3 is 0 Å². The molecule has 0 saturated carbocycles. The van der Waals surface area contributed by atoms with Crippen molar-refractivity contribution < 1.29 is 8.42 Å². The predicted molar refractivity (Wildman–Crippen MR) is 56.8 cm³/mol. The van der Waals surface area contributed by atoms with Crippen molar-refractivity contribution in [3.8, 4) is 0 Å². The lowest BCUT2D eigenvalue weighted by molar-refractivity contribution is 0.609. The number of rotatable bonds is 4. The zero-order chi connectivity index (χ0) is 10.5. The largest absolute Gasteiger partial charge is 0.219 e. The summed E-state index contributed by atoms with van der Waals surface area (Å²) in [7, 11) is -3.38. The van der Waals surface area contributed by atoms with E-state index in [1.807, 2.05) is 0 Å². The molecule has 0 rings (SSSR count). The molecule has 0 saturated heterocycles. The van der Waals surface area contributed by atoms with Crippen molar-refractivity contribution >= 4 is 9.84 Å². The molecule has 0 aromatic carbocycles. The molecule has 3 heteroatoms. The van der Waals surface area contributed by atoms with Crippen LogP contribution in [0.5, 0.6) is 0 Å². The summed E-state index contributed by atoms with van der Waals surface area (Å²) in [5.74, 6) is 0. The molecule has 72 valence electrons. The number of allylic oxidation sites excluding steroid dienone is 4. The molecule has 0 N–H and O–H groups in total. The van der Waals surface area contributed by atoms with Gasteiger partial charge in [-0.2, -0.15) is 0 Å². The van der Waals surface area contributed by atoms with Crippen LogP contribution in [0.3, 0.4) is 0 Å². The Kier molecular flexibility index (Phi) is 4.42. The summed E-state index contributed by atoms with van der Waals surface area (Å²) in [6, 6.07) is 0. The zero-order valence-electron chi connectivity index (χ0n) is 7.95. The highest BCUT2D eigenvalue weighted by Crippen LogP contribution is 2.18. The average molecular weight is 198 g/mol. The Morgan fingerprint density at radius 1 is 1.00 bits per heavy atom. The van der Waals surface area contributed by atoms with Crippen molar-refractivity contribution in [1.82, 2.24) is 0 Å². The molecular weight excluding hydrogens is 184 g/mol. The first-order chi connectivity index (χ1) is 6.04. The van der Waals surface area contributed by atoms with E-state index in [9.17, 15) is 8.42 Å². The second-order valence-corrected chi connectivity index (χ2v) is 4.24. The van der Waals surface area contributed by atoms with E-state index in [1.165, 1.54) is 24.3 Å². The first kappa shape index (κ1) is 11.9. The van der Waals surface area contributed by atoms with Gasteiger partial charge in [-0.05, 0) is 13.8 Å². The Bertz CT molecular complexity index is 326. The molecule has 0 heterocycles. The number of sulfone groups is 1. The van der Waals surface area contributed by atoms with Crippen molar-refractivity contribution in [2.45, 2.75) is 13.8 Å². The third kappa shape index (κ3) is 2.42. The molecule has 2 nitrogen and oxygen atoms in total. The molecule has 0 aromatic rings. The summed E-state index contributed by atoms with van der Waals surface area (Å²) in [5.41, 5.74) is 0. The average Bonchev–Trinajstić information content (AvgIpc) is 2.07. The Morgan fingerprint density at radius 3 is 1.46 bits per heavy atom. The molecule has 0 unspecified atom stereocenters. The van der Waals surface area contributed by atoms with E-state index < -0.39 is 9.84 Å². The second kappa shape index (κ2) is 4.82. The van der Waals surface area contributed by atoms with Crippen LogP contribution >= 0.6 is 0 Å². The van der Waals surface area contributed by atoms with E-state index >= 15 is 0 Å². The van der Waals surface area contributed by atoms with Crippen LogP contribution in [-0.2, 0) is 9.84 Å². The smallest absolute Gasteiger partial charge is 0.205 e. The molecule has 0 aliphatic rings. The highest BCUT2D eigenvalue weighted by Gasteiger charge is 2.16. The predicted octanol–water partition coefficient (Wildman–Crippen LogP) is 2.58. The van der Waals surface area contributed by atoms with Crippen LogP contribution in [0.15, 0.2) is 47.3 Å². The van der Waals surface area contributed by atoms with Gasteiger partial charge in [0.05, 0.1) is 9.81 Å². The number of hydrogen-bond acceptors (Lipinski definition) is 2. The lowest BCUT2D eigenvalue weighted by Crippen LogP contribution is -2.03. The minimum Gasteiger partial charge on any atom is -0.219 e. The van der Waals surface area contributed by atoms with Crippen LogP contribution in [0.1, 0.15) is 13.8 Å². The van der Waals surface area contributed by atoms with E-state index in [0.717, 1.165) is 0 Å². The van der Waals surface area contributed by atoms with Gasteiger partial charge in [0.15, 0.2) is 0 Å². The van der Waals surface area contributed by atoms with Gasteiger partial charge in [0, 0.05) is 0 Å². The SMILES string of the molecule is C=C/C(=C\C)S(=O)(=O)/C(C=C)=C/C. The minimum atomic E-state index is -3.38. The quantitative estimate of drug-likeness (QED) is 0.651. The van der Waals surface area contributed by atoms with E-state index in [0.29, 0.717) is 0 Å². The lowest BCUT2D eigenvalue weighted by Gasteiger charge is -2.03. The van der Waals surface area contributed by atoms with Crippen molar-refractivity contribution in [3.63, 3.8) is 0 Å². The summed E-state index contributed by atoms with van der Waals surface area (Å²) in [5, 5.41) is 0. The van der Waals surface area contributed by atoms with Crippen molar-refractivity contribution in [2.75, 3.05) is 0 Å². The van der Waals surface area contributed by atoms with Crippen molar-refractivity contribution in [1.29, 1.82) is 0 Å². The molecule has 13 heavy (non-hydrogen) atoms. The summed E-state index contributed by atoms with van der Waals surface area (Å²) in [6.45, 7) is 10.2. The standard InChI is InChI=1S/C10H14O2S/c1-5-9(6-2)13(11,12)10(7-3)8-4/h5-8H,1,3H2,2,4H3/b9-6+,10-8+. The maximum atomic E-state index is 11.7. The third-order valence-corrected chi connectivity index (χ3v) is 3.64. The highest BCUT2D eigenvalue weighted by molar-refractivity contribution is 7.99. The van der Waals surface area contributed by atoms with Gasteiger partial charge in [-0.25, -0.2) is 8.42 Å². The van der Waals surface area contributed by atoms with Crippen LogP contribution < -0.4 is 0 Å². The molecule has 0 amide bonds. The minimum absolute atomic E-state index is 0.209. The molecule has 0 aromatic heterocycles. The van der Waals surface area contributed by atoms with Gasteiger partial charge in [-0.3, -0.25) is 0 Å². The molecule has 0 aliphatic carbocycles. The van der Waals surface area contributed by atoms with Crippen molar-refractivity contribution in [2.24, 2.45) is 0 Å². The Hall–Kier alpha value is -1.09. The highest BCUT2D eigenvalue weighted by atomic mass is 32.2. The van der Waals surface area contributed by atoms with E-state index in [4.69, 9.17) is 0 Å². The van der Waals surface area contributed by atoms with Gasteiger partial charge in [0.1, 0.15) is 0 Å². The molecule has 0 spiro atoms. The maximum Gasteiger partial charge on any atom is 0.205 e. The summed E-state index contributed by atoms with van der Waals surface area (Å²) in [4.78, 5) is 0.418. The topological polar surface area (TPSA) is 34.1 Å². The fourth-order valence-corrected chi connectivity index (χ4v) is 2.23. The van der Waals surface area contributed by atoms with Crippen LogP contribution in [0.2, 0.25) is 0 Å². The first-order valence-corrected chi connectivity index (χ1v) is 5.35.